The van der Waals surface area contributed by atoms with Gasteiger partial charge in [-0.1, -0.05) is 18.2 Å². The highest BCUT2D eigenvalue weighted by molar-refractivity contribution is 5.92. The number of rotatable bonds is 6. The van der Waals surface area contributed by atoms with Crippen LogP contribution in [-0.2, 0) is 16.6 Å². The first-order valence-corrected chi connectivity index (χ1v) is 7.61. The minimum absolute atomic E-state index is 0.0669. The third-order valence-corrected chi connectivity index (χ3v) is 4.31. The van der Waals surface area contributed by atoms with Gasteiger partial charge in [0.25, 0.3) is 0 Å². The number of ether oxygens (including phenoxy) is 1. The van der Waals surface area contributed by atoms with Gasteiger partial charge in [-0.15, -0.1) is 0 Å². The Hall–Kier alpha value is -2.23. The number of carbonyl (C=O) groups excluding carboxylic acids is 1. The predicted octanol–water partition coefficient (Wildman–Crippen LogP) is 3.07. The molecule has 1 aliphatic carbocycles. The molecule has 1 saturated carbocycles. The average molecular weight is 299 g/mol. The fourth-order valence-corrected chi connectivity index (χ4v) is 2.96. The largest absolute Gasteiger partial charge is 0.496 e. The fourth-order valence-electron chi connectivity index (χ4n) is 2.96. The fraction of sp³-hybridized carbons (Fsp3) is 0.389. The topological polar surface area (TPSA) is 51.5 Å². The zero-order chi connectivity index (χ0) is 15.6. The second-order valence-electron chi connectivity index (χ2n) is 5.99. The summed E-state index contributed by atoms with van der Waals surface area (Å²) in [5.74, 6) is 0.880. The van der Waals surface area contributed by atoms with E-state index in [4.69, 9.17) is 9.15 Å². The van der Waals surface area contributed by atoms with Crippen molar-refractivity contribution >= 4 is 5.91 Å². The standard InChI is InChI=1S/C18H21NO3/c1-13(11-14-7-10-22-12-14)19-17(20)18(8-9-18)15-5-3-4-6-16(15)21-2/h3-7,10,12-13H,8-9,11H2,1-2H3,(H,19,20). The van der Waals surface area contributed by atoms with Crippen LogP contribution in [0.4, 0.5) is 0 Å². The summed E-state index contributed by atoms with van der Waals surface area (Å²) in [4.78, 5) is 12.7. The van der Waals surface area contributed by atoms with Crippen molar-refractivity contribution in [3.63, 3.8) is 0 Å². The van der Waals surface area contributed by atoms with Crippen LogP contribution in [-0.4, -0.2) is 19.1 Å². The third-order valence-electron chi connectivity index (χ3n) is 4.31. The number of hydrogen-bond acceptors (Lipinski definition) is 3. The molecule has 2 aromatic rings. The van der Waals surface area contributed by atoms with Gasteiger partial charge in [-0.3, -0.25) is 4.79 Å². The van der Waals surface area contributed by atoms with E-state index in [2.05, 4.69) is 5.32 Å². The van der Waals surface area contributed by atoms with Crippen molar-refractivity contribution in [1.82, 2.24) is 5.32 Å². The molecule has 116 valence electrons. The number of para-hydroxylation sites is 1. The number of nitrogens with one attached hydrogen (secondary N) is 1. The van der Waals surface area contributed by atoms with E-state index in [1.165, 1.54) is 0 Å². The Morgan fingerprint density at radius 2 is 2.14 bits per heavy atom. The Kier molecular flexibility index (Phi) is 3.92. The van der Waals surface area contributed by atoms with Crippen LogP contribution < -0.4 is 10.1 Å². The van der Waals surface area contributed by atoms with Crippen LogP contribution in [0.2, 0.25) is 0 Å². The third kappa shape index (κ3) is 2.73. The van der Waals surface area contributed by atoms with Gasteiger partial charge in [0, 0.05) is 11.6 Å². The molecular formula is C18H21NO3. The average Bonchev–Trinajstić information content (AvgIpc) is 3.19. The van der Waals surface area contributed by atoms with Gasteiger partial charge in [-0.25, -0.2) is 0 Å². The number of carbonyl (C=O) groups is 1. The van der Waals surface area contributed by atoms with Crippen molar-refractivity contribution in [2.75, 3.05) is 7.11 Å². The monoisotopic (exact) mass is 299 g/mol. The first kappa shape index (κ1) is 14.7. The van der Waals surface area contributed by atoms with E-state index in [0.29, 0.717) is 0 Å². The highest BCUT2D eigenvalue weighted by Crippen LogP contribution is 2.51. The summed E-state index contributed by atoms with van der Waals surface area (Å²) in [6, 6.07) is 9.79. The highest BCUT2D eigenvalue weighted by Gasteiger charge is 2.52. The summed E-state index contributed by atoms with van der Waals surface area (Å²) >= 11 is 0. The van der Waals surface area contributed by atoms with Crippen molar-refractivity contribution in [3.8, 4) is 5.75 Å². The first-order valence-electron chi connectivity index (χ1n) is 7.61. The van der Waals surface area contributed by atoms with E-state index < -0.39 is 5.41 Å². The molecule has 1 atom stereocenters. The number of methoxy groups -OCH3 is 1. The number of benzene rings is 1. The SMILES string of the molecule is COc1ccccc1C1(C(=O)NC(C)Cc2ccoc2)CC1. The van der Waals surface area contributed by atoms with E-state index in [9.17, 15) is 4.79 Å². The second kappa shape index (κ2) is 5.87. The van der Waals surface area contributed by atoms with Crippen LogP contribution in [0.5, 0.6) is 5.75 Å². The summed E-state index contributed by atoms with van der Waals surface area (Å²) in [7, 11) is 1.65. The van der Waals surface area contributed by atoms with Gasteiger partial charge < -0.3 is 14.5 Å². The predicted molar refractivity (Wildman–Crippen MR) is 83.9 cm³/mol. The molecule has 1 fully saturated rings. The maximum absolute atomic E-state index is 12.7. The van der Waals surface area contributed by atoms with Crippen LogP contribution >= 0.6 is 0 Å². The Balaban J connectivity index is 1.71. The summed E-state index contributed by atoms with van der Waals surface area (Å²) in [6.07, 6.45) is 5.89. The zero-order valence-corrected chi connectivity index (χ0v) is 13.0. The van der Waals surface area contributed by atoms with Crippen LogP contribution in [0, 0.1) is 0 Å². The van der Waals surface area contributed by atoms with E-state index in [-0.39, 0.29) is 11.9 Å². The second-order valence-corrected chi connectivity index (χ2v) is 5.99. The van der Waals surface area contributed by atoms with Crippen molar-refractivity contribution in [2.24, 2.45) is 0 Å². The van der Waals surface area contributed by atoms with Gasteiger partial charge in [0.05, 0.1) is 25.1 Å². The van der Waals surface area contributed by atoms with E-state index in [1.807, 2.05) is 37.3 Å². The molecule has 0 spiro atoms. The molecule has 4 nitrogen and oxygen atoms in total. The Morgan fingerprint density at radius 1 is 1.36 bits per heavy atom. The van der Waals surface area contributed by atoms with E-state index in [1.54, 1.807) is 19.6 Å². The van der Waals surface area contributed by atoms with Crippen molar-refractivity contribution in [3.05, 3.63) is 54.0 Å². The Morgan fingerprint density at radius 3 is 2.77 bits per heavy atom. The molecule has 1 amide bonds. The van der Waals surface area contributed by atoms with Crippen molar-refractivity contribution < 1.29 is 13.9 Å². The van der Waals surface area contributed by atoms with Gasteiger partial charge in [0.2, 0.25) is 5.91 Å². The van der Waals surface area contributed by atoms with E-state index >= 15 is 0 Å². The molecule has 0 bridgehead atoms. The molecule has 0 aliphatic heterocycles. The Bertz CT molecular complexity index is 644. The minimum Gasteiger partial charge on any atom is -0.496 e. The lowest BCUT2D eigenvalue weighted by atomic mass is 9.93. The molecule has 1 unspecified atom stereocenters. The molecule has 1 heterocycles. The highest BCUT2D eigenvalue weighted by atomic mass is 16.5. The van der Waals surface area contributed by atoms with E-state index in [0.717, 1.165) is 36.1 Å². The lowest BCUT2D eigenvalue weighted by Gasteiger charge is -2.21. The molecule has 1 aliphatic rings. The van der Waals surface area contributed by atoms with Crippen molar-refractivity contribution in [1.29, 1.82) is 0 Å². The number of furan rings is 1. The minimum atomic E-state index is -0.419. The normalized spacial score (nSPS) is 16.8. The molecule has 4 heteroatoms. The number of hydrogen-bond donors (Lipinski definition) is 1. The van der Waals surface area contributed by atoms with Gasteiger partial charge in [-0.2, -0.15) is 0 Å². The smallest absolute Gasteiger partial charge is 0.231 e. The molecule has 1 aromatic carbocycles. The lowest BCUT2D eigenvalue weighted by molar-refractivity contribution is -0.124. The van der Waals surface area contributed by atoms with Crippen LogP contribution in [0.1, 0.15) is 30.9 Å². The summed E-state index contributed by atoms with van der Waals surface area (Å²) in [5.41, 5.74) is 1.66. The Labute approximate surface area is 130 Å². The summed E-state index contributed by atoms with van der Waals surface area (Å²) in [5, 5.41) is 3.13. The van der Waals surface area contributed by atoms with Gasteiger partial charge in [0.15, 0.2) is 0 Å². The molecule has 22 heavy (non-hydrogen) atoms. The molecule has 1 aromatic heterocycles. The van der Waals surface area contributed by atoms with Gasteiger partial charge >= 0.3 is 0 Å². The van der Waals surface area contributed by atoms with Gasteiger partial charge in [0.1, 0.15) is 5.75 Å². The summed E-state index contributed by atoms with van der Waals surface area (Å²) < 4.78 is 10.5. The first-order chi connectivity index (χ1) is 10.7. The lowest BCUT2D eigenvalue weighted by Crippen LogP contribution is -2.41. The maximum atomic E-state index is 12.7. The van der Waals surface area contributed by atoms with Crippen LogP contribution in [0.3, 0.4) is 0 Å². The molecule has 0 radical (unpaired) electrons. The van der Waals surface area contributed by atoms with Crippen LogP contribution in [0.25, 0.3) is 0 Å². The van der Waals surface area contributed by atoms with Crippen molar-refractivity contribution in [2.45, 2.75) is 37.6 Å². The maximum Gasteiger partial charge on any atom is 0.231 e. The molecular weight excluding hydrogens is 278 g/mol. The van der Waals surface area contributed by atoms with Crippen LogP contribution in [0.15, 0.2) is 47.3 Å². The zero-order valence-electron chi connectivity index (χ0n) is 13.0. The van der Waals surface area contributed by atoms with Gasteiger partial charge in [-0.05, 0) is 43.9 Å². The molecule has 0 saturated heterocycles. The molecule has 3 rings (SSSR count). The molecule has 1 N–H and O–H groups in total. The summed E-state index contributed by atoms with van der Waals surface area (Å²) in [6.45, 7) is 2.02. The number of amides is 1. The quantitative estimate of drug-likeness (QED) is 0.892.